The first-order valence-corrected chi connectivity index (χ1v) is 6.90. The van der Waals surface area contributed by atoms with Crippen LogP contribution in [0.15, 0.2) is 30.3 Å². The zero-order valence-electron chi connectivity index (χ0n) is 12.8. The molecule has 0 N–H and O–H groups in total. The summed E-state index contributed by atoms with van der Waals surface area (Å²) in [5.41, 5.74) is 1.46. The van der Waals surface area contributed by atoms with Crippen molar-refractivity contribution in [1.29, 1.82) is 0 Å². The molecule has 1 aromatic carbocycles. The summed E-state index contributed by atoms with van der Waals surface area (Å²) < 4.78 is 11.9. The molecule has 0 aliphatic heterocycles. The van der Waals surface area contributed by atoms with Crippen LogP contribution < -0.4 is 4.74 Å². The molecule has 0 bridgehead atoms. The van der Waals surface area contributed by atoms with E-state index in [0.717, 1.165) is 0 Å². The Labute approximate surface area is 128 Å². The molecular weight excluding hydrogens is 284 g/mol. The average molecular weight is 302 g/mol. The zero-order valence-corrected chi connectivity index (χ0v) is 12.8. The molecule has 0 spiro atoms. The number of hydrogen-bond acceptors (Lipinski definition) is 5. The quantitative estimate of drug-likeness (QED) is 0.352. The monoisotopic (exact) mass is 302 g/mol. The van der Waals surface area contributed by atoms with Gasteiger partial charge in [0.2, 0.25) is 0 Å². The Morgan fingerprint density at radius 2 is 1.82 bits per heavy atom. The first kappa shape index (κ1) is 15.8. The van der Waals surface area contributed by atoms with Crippen LogP contribution in [-0.2, 0) is 16.6 Å². The second kappa shape index (κ2) is 6.89. The Morgan fingerprint density at radius 1 is 1.14 bits per heavy atom. The molecule has 2 aromatic rings. The van der Waals surface area contributed by atoms with Gasteiger partial charge in [-0.2, -0.15) is 5.10 Å². The van der Waals surface area contributed by atoms with Gasteiger partial charge < -0.3 is 9.47 Å². The average Bonchev–Trinajstić information content (AvgIpc) is 2.76. The number of esters is 1. The lowest BCUT2D eigenvalue weighted by molar-refractivity contribution is -0.138. The van der Waals surface area contributed by atoms with E-state index in [2.05, 4.69) is 5.10 Å². The summed E-state index contributed by atoms with van der Waals surface area (Å²) in [4.78, 5) is 23.9. The number of ether oxygens (including phenoxy) is 2. The molecule has 1 aromatic heterocycles. The molecular formula is C16H18N2O4. The molecule has 0 radical (unpaired) electrons. The molecule has 6 heteroatoms. The van der Waals surface area contributed by atoms with Crippen molar-refractivity contribution in [2.24, 2.45) is 7.05 Å². The smallest absolute Gasteiger partial charge is 0.379 e. The Balaban J connectivity index is 1.86. The van der Waals surface area contributed by atoms with Crippen LogP contribution in [0.4, 0.5) is 0 Å². The SMILES string of the molecule is Cc1nn(C)c(C)c1C(=O)C(=O)OCCOc1ccccc1. The molecule has 0 saturated carbocycles. The minimum atomic E-state index is -0.893. The van der Waals surface area contributed by atoms with Crippen LogP contribution >= 0.6 is 0 Å². The fraction of sp³-hybridized carbons (Fsp3) is 0.312. The Hall–Kier alpha value is -2.63. The summed E-state index contributed by atoms with van der Waals surface area (Å²) in [6.07, 6.45) is 0. The standard InChI is InChI=1S/C16H18N2O4/c1-11-14(12(2)18(3)17-11)15(19)16(20)22-10-9-21-13-7-5-4-6-8-13/h4-8H,9-10H2,1-3H3. The molecule has 1 heterocycles. The highest BCUT2D eigenvalue weighted by Gasteiger charge is 2.25. The van der Waals surface area contributed by atoms with Crippen LogP contribution in [0.25, 0.3) is 0 Å². The van der Waals surface area contributed by atoms with Crippen molar-refractivity contribution in [2.75, 3.05) is 13.2 Å². The van der Waals surface area contributed by atoms with Crippen molar-refractivity contribution in [3.05, 3.63) is 47.3 Å². The highest BCUT2D eigenvalue weighted by Crippen LogP contribution is 2.13. The van der Waals surface area contributed by atoms with Gasteiger partial charge in [0.15, 0.2) is 0 Å². The first-order chi connectivity index (χ1) is 10.5. The maximum atomic E-state index is 12.1. The number of carbonyl (C=O) groups excluding carboxylic acids is 2. The predicted molar refractivity (Wildman–Crippen MR) is 79.9 cm³/mol. The lowest BCUT2D eigenvalue weighted by Gasteiger charge is -2.07. The molecule has 6 nitrogen and oxygen atoms in total. The number of ketones is 1. The van der Waals surface area contributed by atoms with E-state index in [1.165, 1.54) is 0 Å². The molecule has 0 amide bonds. The van der Waals surface area contributed by atoms with E-state index >= 15 is 0 Å². The topological polar surface area (TPSA) is 70.4 Å². The third kappa shape index (κ3) is 3.52. The van der Waals surface area contributed by atoms with Gasteiger partial charge in [0, 0.05) is 12.7 Å². The van der Waals surface area contributed by atoms with Gasteiger partial charge in [-0.15, -0.1) is 0 Å². The Bertz CT molecular complexity index is 677. The van der Waals surface area contributed by atoms with Crippen molar-refractivity contribution < 1.29 is 19.1 Å². The predicted octanol–water partition coefficient (Wildman–Crippen LogP) is 1.84. The van der Waals surface area contributed by atoms with Crippen LogP contribution in [0, 0.1) is 13.8 Å². The Kier molecular flexibility index (Phi) is 4.93. The van der Waals surface area contributed by atoms with Crippen molar-refractivity contribution >= 4 is 11.8 Å². The molecule has 0 atom stereocenters. The third-order valence-electron chi connectivity index (χ3n) is 3.25. The van der Waals surface area contributed by atoms with E-state index < -0.39 is 11.8 Å². The fourth-order valence-electron chi connectivity index (χ4n) is 2.08. The molecule has 0 aliphatic rings. The van der Waals surface area contributed by atoms with E-state index in [9.17, 15) is 9.59 Å². The van der Waals surface area contributed by atoms with Crippen LogP contribution in [0.5, 0.6) is 5.75 Å². The first-order valence-electron chi connectivity index (χ1n) is 6.90. The molecule has 2 rings (SSSR count). The summed E-state index contributed by atoms with van der Waals surface area (Å²) >= 11 is 0. The normalized spacial score (nSPS) is 10.3. The van der Waals surface area contributed by atoms with Crippen molar-refractivity contribution in [3.63, 3.8) is 0 Å². The van der Waals surface area contributed by atoms with E-state index in [-0.39, 0.29) is 13.2 Å². The number of hydrogen-bond donors (Lipinski definition) is 0. The van der Waals surface area contributed by atoms with Crippen molar-refractivity contribution in [3.8, 4) is 5.75 Å². The lowest BCUT2D eigenvalue weighted by Crippen LogP contribution is -2.21. The highest BCUT2D eigenvalue weighted by molar-refractivity contribution is 6.41. The number of aryl methyl sites for hydroxylation is 2. The highest BCUT2D eigenvalue weighted by atomic mass is 16.6. The second-order valence-corrected chi connectivity index (χ2v) is 4.80. The van der Waals surface area contributed by atoms with Gasteiger partial charge >= 0.3 is 5.97 Å². The van der Waals surface area contributed by atoms with E-state index in [4.69, 9.17) is 9.47 Å². The minimum absolute atomic E-state index is 0.0117. The van der Waals surface area contributed by atoms with Gasteiger partial charge in [-0.3, -0.25) is 9.48 Å². The zero-order chi connectivity index (χ0) is 16.1. The van der Waals surface area contributed by atoms with Gasteiger partial charge in [-0.1, -0.05) is 18.2 Å². The number of nitrogens with zero attached hydrogens (tertiary/aromatic N) is 2. The Morgan fingerprint density at radius 3 is 2.41 bits per heavy atom. The van der Waals surface area contributed by atoms with Crippen molar-refractivity contribution in [2.45, 2.75) is 13.8 Å². The number of carbonyl (C=O) groups is 2. The summed E-state index contributed by atoms with van der Waals surface area (Å²) in [5, 5.41) is 4.11. The fourth-order valence-corrected chi connectivity index (χ4v) is 2.08. The number of benzene rings is 1. The number of Topliss-reactive ketones (excluding diaryl/α,β-unsaturated/α-hetero) is 1. The largest absolute Gasteiger partial charge is 0.490 e. The number of para-hydroxylation sites is 1. The maximum Gasteiger partial charge on any atom is 0.379 e. The third-order valence-corrected chi connectivity index (χ3v) is 3.25. The van der Waals surface area contributed by atoms with Gasteiger partial charge in [0.05, 0.1) is 11.3 Å². The van der Waals surface area contributed by atoms with Crippen LogP contribution in [-0.4, -0.2) is 34.7 Å². The number of aromatic nitrogens is 2. The van der Waals surface area contributed by atoms with E-state index in [1.54, 1.807) is 37.7 Å². The summed E-state index contributed by atoms with van der Waals surface area (Å²) in [7, 11) is 1.72. The molecule has 0 fully saturated rings. The molecule has 0 aliphatic carbocycles. The summed E-state index contributed by atoms with van der Waals surface area (Å²) in [6.45, 7) is 3.62. The van der Waals surface area contributed by atoms with Gasteiger partial charge in [-0.25, -0.2) is 4.79 Å². The molecule has 0 saturated heterocycles. The van der Waals surface area contributed by atoms with Crippen LogP contribution in [0.2, 0.25) is 0 Å². The summed E-state index contributed by atoms with van der Waals surface area (Å²) in [5.74, 6) is -0.887. The van der Waals surface area contributed by atoms with E-state index in [0.29, 0.717) is 22.7 Å². The number of rotatable bonds is 6. The molecule has 116 valence electrons. The van der Waals surface area contributed by atoms with Gasteiger partial charge in [-0.05, 0) is 26.0 Å². The lowest BCUT2D eigenvalue weighted by atomic mass is 10.1. The summed E-state index contributed by atoms with van der Waals surface area (Å²) in [6, 6.07) is 9.17. The maximum absolute atomic E-state index is 12.1. The van der Waals surface area contributed by atoms with Gasteiger partial charge in [0.25, 0.3) is 5.78 Å². The van der Waals surface area contributed by atoms with Crippen molar-refractivity contribution in [1.82, 2.24) is 9.78 Å². The van der Waals surface area contributed by atoms with Crippen LogP contribution in [0.3, 0.4) is 0 Å². The molecule has 22 heavy (non-hydrogen) atoms. The van der Waals surface area contributed by atoms with Gasteiger partial charge in [0.1, 0.15) is 19.0 Å². The molecule has 0 unspecified atom stereocenters. The second-order valence-electron chi connectivity index (χ2n) is 4.80. The van der Waals surface area contributed by atoms with E-state index in [1.807, 2.05) is 18.2 Å². The van der Waals surface area contributed by atoms with Crippen LogP contribution in [0.1, 0.15) is 21.7 Å². The minimum Gasteiger partial charge on any atom is -0.490 e.